The van der Waals surface area contributed by atoms with Crippen LogP contribution in [0.3, 0.4) is 0 Å². The highest BCUT2D eigenvalue weighted by molar-refractivity contribution is 5.94. The molecule has 2 aromatic carbocycles. The maximum atomic E-state index is 12.2. The number of nitriles is 1. The average Bonchev–Trinajstić information content (AvgIpc) is 2.92. The van der Waals surface area contributed by atoms with Gasteiger partial charge in [-0.2, -0.15) is 15.2 Å². The molecule has 0 spiro atoms. The summed E-state index contributed by atoms with van der Waals surface area (Å²) in [5.74, 6) is 0.816. The SMILES string of the molecule is CC(=O)N1CCN(c2nc(OCCCO)nc3c2CCN(c2cccc4ccccc24)C3)CC1CC#N. The number of anilines is 2. The molecule has 1 unspecified atom stereocenters. The van der Waals surface area contributed by atoms with Gasteiger partial charge in [-0.15, -0.1) is 0 Å². The lowest BCUT2D eigenvalue weighted by atomic mass is 10.0. The molecule has 1 saturated heterocycles. The van der Waals surface area contributed by atoms with Gasteiger partial charge in [0.1, 0.15) is 5.82 Å². The number of benzene rings is 2. The fourth-order valence-corrected chi connectivity index (χ4v) is 5.37. The van der Waals surface area contributed by atoms with Gasteiger partial charge in [0.2, 0.25) is 5.91 Å². The van der Waals surface area contributed by atoms with E-state index in [0.29, 0.717) is 45.2 Å². The molecule has 1 N–H and O–H groups in total. The summed E-state index contributed by atoms with van der Waals surface area (Å²) < 4.78 is 5.84. The summed E-state index contributed by atoms with van der Waals surface area (Å²) in [5, 5.41) is 21.0. The molecule has 9 heteroatoms. The quantitative estimate of drug-likeness (QED) is 0.494. The minimum absolute atomic E-state index is 0.0108. The van der Waals surface area contributed by atoms with E-state index >= 15 is 0 Å². The highest BCUT2D eigenvalue weighted by atomic mass is 16.5. The minimum atomic E-state index is -0.184. The molecule has 0 bridgehead atoms. The lowest BCUT2D eigenvalue weighted by Crippen LogP contribution is -2.55. The number of carbonyl (C=O) groups excluding carboxylic acids is 1. The smallest absolute Gasteiger partial charge is 0.318 e. The molecule has 1 amide bonds. The zero-order valence-corrected chi connectivity index (χ0v) is 21.1. The Bertz CT molecular complexity index is 1320. The first-order valence-electron chi connectivity index (χ1n) is 12.8. The predicted molar refractivity (Wildman–Crippen MR) is 142 cm³/mol. The summed E-state index contributed by atoms with van der Waals surface area (Å²) in [4.78, 5) is 28.1. The molecule has 2 aliphatic rings. The zero-order valence-electron chi connectivity index (χ0n) is 21.1. The summed E-state index contributed by atoms with van der Waals surface area (Å²) in [6.45, 7) is 5.10. The van der Waals surface area contributed by atoms with E-state index in [-0.39, 0.29) is 25.0 Å². The van der Waals surface area contributed by atoms with Crippen molar-refractivity contribution in [2.75, 3.05) is 49.2 Å². The Morgan fingerprint density at radius 2 is 1.97 bits per heavy atom. The normalized spacial score (nSPS) is 17.4. The second-order valence-corrected chi connectivity index (χ2v) is 9.52. The number of piperazine rings is 1. The van der Waals surface area contributed by atoms with Crippen molar-refractivity contribution >= 4 is 28.2 Å². The molecule has 192 valence electrons. The van der Waals surface area contributed by atoms with E-state index in [1.807, 2.05) is 0 Å². The summed E-state index contributed by atoms with van der Waals surface area (Å²) in [6, 6.07) is 17.1. The van der Waals surface area contributed by atoms with Crippen molar-refractivity contribution in [3.8, 4) is 12.1 Å². The van der Waals surface area contributed by atoms with Gasteiger partial charge in [0.25, 0.3) is 0 Å². The Kier molecular flexibility index (Phi) is 7.37. The van der Waals surface area contributed by atoms with Gasteiger partial charge in [-0.05, 0) is 17.9 Å². The fourth-order valence-electron chi connectivity index (χ4n) is 5.37. The Labute approximate surface area is 216 Å². The number of hydrogen-bond acceptors (Lipinski definition) is 8. The van der Waals surface area contributed by atoms with Crippen molar-refractivity contribution in [2.24, 2.45) is 0 Å². The van der Waals surface area contributed by atoms with Crippen LogP contribution >= 0.6 is 0 Å². The number of aliphatic hydroxyl groups excluding tert-OH is 1. The standard InChI is InChI=1S/C28H32N6O3/c1-20(36)34-15-14-33(18-22(34)10-12-29)27-24-11-13-32(19-25(24)30-28(31-27)37-17-5-16-35)26-9-4-7-21-6-2-3-8-23(21)26/h2-4,6-9,22,35H,5,10-11,13-19H2,1H3. The zero-order chi connectivity index (χ0) is 25.8. The van der Waals surface area contributed by atoms with Gasteiger partial charge in [0.05, 0.1) is 37.4 Å². The van der Waals surface area contributed by atoms with E-state index in [1.165, 1.54) is 16.5 Å². The molecule has 0 saturated carbocycles. The number of carbonyl (C=O) groups is 1. The van der Waals surface area contributed by atoms with E-state index in [0.717, 1.165) is 30.0 Å². The first-order chi connectivity index (χ1) is 18.1. The van der Waals surface area contributed by atoms with Gasteiger partial charge in [-0.1, -0.05) is 36.4 Å². The van der Waals surface area contributed by atoms with E-state index < -0.39 is 0 Å². The molecular formula is C28H32N6O3. The van der Waals surface area contributed by atoms with Crippen molar-refractivity contribution < 1.29 is 14.6 Å². The Balaban J connectivity index is 1.48. The van der Waals surface area contributed by atoms with Crippen molar-refractivity contribution in [1.29, 1.82) is 5.26 Å². The van der Waals surface area contributed by atoms with Gasteiger partial charge >= 0.3 is 6.01 Å². The molecule has 2 aliphatic heterocycles. The monoisotopic (exact) mass is 500 g/mol. The Morgan fingerprint density at radius 1 is 1.14 bits per heavy atom. The third-order valence-corrected chi connectivity index (χ3v) is 7.18. The summed E-state index contributed by atoms with van der Waals surface area (Å²) in [6.07, 6.45) is 1.55. The summed E-state index contributed by atoms with van der Waals surface area (Å²) >= 11 is 0. The van der Waals surface area contributed by atoms with Crippen LogP contribution in [0.1, 0.15) is 31.0 Å². The van der Waals surface area contributed by atoms with Crippen molar-refractivity contribution in [1.82, 2.24) is 14.9 Å². The van der Waals surface area contributed by atoms with Gasteiger partial charge in [-0.3, -0.25) is 4.79 Å². The lowest BCUT2D eigenvalue weighted by molar-refractivity contribution is -0.131. The maximum Gasteiger partial charge on any atom is 0.318 e. The van der Waals surface area contributed by atoms with Gasteiger partial charge in [-0.25, -0.2) is 0 Å². The molecule has 0 aliphatic carbocycles. The van der Waals surface area contributed by atoms with E-state index in [2.05, 4.69) is 58.3 Å². The van der Waals surface area contributed by atoms with Crippen LogP contribution < -0.4 is 14.5 Å². The fraction of sp³-hybridized carbons (Fsp3) is 0.429. The van der Waals surface area contributed by atoms with E-state index in [1.54, 1.807) is 11.8 Å². The van der Waals surface area contributed by atoms with Crippen molar-refractivity contribution in [3.63, 3.8) is 0 Å². The van der Waals surface area contributed by atoms with Crippen LogP contribution in [-0.2, 0) is 17.8 Å². The summed E-state index contributed by atoms with van der Waals surface area (Å²) in [5.41, 5.74) is 3.20. The Morgan fingerprint density at radius 3 is 2.78 bits per heavy atom. The van der Waals surface area contributed by atoms with Crippen LogP contribution in [0.4, 0.5) is 11.5 Å². The largest absolute Gasteiger partial charge is 0.463 e. The molecule has 1 fully saturated rings. The minimum Gasteiger partial charge on any atom is -0.463 e. The second kappa shape index (κ2) is 11.0. The van der Waals surface area contributed by atoms with E-state index in [4.69, 9.17) is 14.7 Å². The Hall–Kier alpha value is -3.90. The number of hydrogen-bond donors (Lipinski definition) is 1. The molecule has 3 heterocycles. The third-order valence-electron chi connectivity index (χ3n) is 7.18. The highest BCUT2D eigenvalue weighted by Gasteiger charge is 2.33. The molecule has 1 atom stereocenters. The number of rotatable bonds is 7. The second-order valence-electron chi connectivity index (χ2n) is 9.52. The molecular weight excluding hydrogens is 468 g/mol. The van der Waals surface area contributed by atoms with Crippen LogP contribution in [0, 0.1) is 11.3 Å². The third kappa shape index (κ3) is 5.16. The van der Waals surface area contributed by atoms with Gasteiger partial charge in [0, 0.05) is 62.8 Å². The average molecular weight is 501 g/mol. The van der Waals surface area contributed by atoms with E-state index in [9.17, 15) is 15.2 Å². The number of aromatic nitrogens is 2. The highest BCUT2D eigenvalue weighted by Crippen LogP contribution is 2.34. The number of fused-ring (bicyclic) bond motifs is 2. The first kappa shape index (κ1) is 24.8. The van der Waals surface area contributed by atoms with Crippen LogP contribution in [0.15, 0.2) is 42.5 Å². The number of ether oxygens (including phenoxy) is 1. The van der Waals surface area contributed by atoms with Crippen molar-refractivity contribution in [2.45, 2.75) is 38.8 Å². The van der Waals surface area contributed by atoms with Crippen LogP contribution in [-0.4, -0.2) is 71.3 Å². The molecule has 0 radical (unpaired) electrons. The number of amides is 1. The maximum absolute atomic E-state index is 12.2. The van der Waals surface area contributed by atoms with Gasteiger partial charge in [0.15, 0.2) is 0 Å². The first-order valence-corrected chi connectivity index (χ1v) is 12.8. The molecule has 5 rings (SSSR count). The van der Waals surface area contributed by atoms with Gasteiger partial charge < -0.3 is 24.5 Å². The number of nitrogens with zero attached hydrogens (tertiary/aromatic N) is 6. The lowest BCUT2D eigenvalue weighted by Gasteiger charge is -2.42. The van der Waals surface area contributed by atoms with Crippen molar-refractivity contribution in [3.05, 3.63) is 53.7 Å². The van der Waals surface area contributed by atoms with Crippen LogP contribution in [0.5, 0.6) is 6.01 Å². The molecule has 3 aromatic rings. The molecule has 9 nitrogen and oxygen atoms in total. The van der Waals surface area contributed by atoms with Crippen LogP contribution in [0.2, 0.25) is 0 Å². The summed E-state index contributed by atoms with van der Waals surface area (Å²) in [7, 11) is 0. The number of aliphatic hydroxyl groups is 1. The molecule has 1 aromatic heterocycles. The predicted octanol–water partition coefficient (Wildman–Crippen LogP) is 2.90. The molecule has 37 heavy (non-hydrogen) atoms. The topological polar surface area (TPSA) is 106 Å². The van der Waals surface area contributed by atoms with Crippen LogP contribution in [0.25, 0.3) is 10.8 Å².